The fraction of sp³-hybridized carbons (Fsp3) is 0.562. The average Bonchev–Trinajstić information content (AvgIpc) is 2.47. The molecule has 1 heterocycles. The minimum absolute atomic E-state index is 0. The van der Waals surface area contributed by atoms with Crippen LogP contribution in [0.2, 0.25) is 0 Å². The number of piperidine rings is 1. The number of nitrogens with zero attached hydrogens (tertiary/aromatic N) is 1. The number of hydrogen-bond acceptors (Lipinski definition) is 4. The quantitative estimate of drug-likeness (QED) is 0.868. The third-order valence-corrected chi connectivity index (χ3v) is 4.00. The highest BCUT2D eigenvalue weighted by molar-refractivity contribution is 5.89. The van der Waals surface area contributed by atoms with Crippen molar-refractivity contribution in [3.8, 4) is 0 Å². The van der Waals surface area contributed by atoms with Crippen molar-refractivity contribution in [2.24, 2.45) is 5.73 Å². The van der Waals surface area contributed by atoms with Gasteiger partial charge in [-0.25, -0.2) is 4.79 Å². The number of methoxy groups -OCH3 is 1. The van der Waals surface area contributed by atoms with E-state index in [0.29, 0.717) is 11.6 Å². The van der Waals surface area contributed by atoms with Crippen molar-refractivity contribution >= 4 is 18.4 Å². The van der Waals surface area contributed by atoms with E-state index in [2.05, 4.69) is 17.9 Å². The number of ether oxygens (including phenoxy) is 1. The summed E-state index contributed by atoms with van der Waals surface area (Å²) in [4.78, 5) is 14.0. The molecule has 2 rings (SSSR count). The summed E-state index contributed by atoms with van der Waals surface area (Å²) < 4.78 is 4.77. The average molecular weight is 313 g/mol. The van der Waals surface area contributed by atoms with E-state index in [1.54, 1.807) is 6.07 Å². The molecule has 118 valence electrons. The first-order valence-corrected chi connectivity index (χ1v) is 7.28. The summed E-state index contributed by atoms with van der Waals surface area (Å²) >= 11 is 0. The molecular weight excluding hydrogens is 288 g/mol. The van der Waals surface area contributed by atoms with Gasteiger partial charge in [-0.3, -0.25) is 4.90 Å². The zero-order valence-corrected chi connectivity index (χ0v) is 13.6. The van der Waals surface area contributed by atoms with E-state index in [4.69, 9.17) is 10.5 Å². The molecule has 1 fully saturated rings. The molecule has 2 atom stereocenters. The van der Waals surface area contributed by atoms with Gasteiger partial charge in [0.05, 0.1) is 12.7 Å². The summed E-state index contributed by atoms with van der Waals surface area (Å²) in [5, 5.41) is 0. The monoisotopic (exact) mass is 312 g/mol. The van der Waals surface area contributed by atoms with Crippen molar-refractivity contribution in [1.29, 1.82) is 0 Å². The topological polar surface area (TPSA) is 55.6 Å². The number of likely N-dealkylation sites (tertiary alicyclic amines) is 1. The molecular formula is C16H25ClN2O2. The minimum Gasteiger partial charge on any atom is -0.465 e. The minimum atomic E-state index is -0.283. The van der Waals surface area contributed by atoms with Crippen molar-refractivity contribution in [1.82, 2.24) is 4.90 Å². The zero-order chi connectivity index (χ0) is 14.5. The summed E-state index contributed by atoms with van der Waals surface area (Å²) in [5.74, 6) is -0.283. The van der Waals surface area contributed by atoms with Crippen LogP contribution in [0, 0.1) is 0 Å². The van der Waals surface area contributed by atoms with Crippen LogP contribution < -0.4 is 5.73 Å². The van der Waals surface area contributed by atoms with E-state index in [1.165, 1.54) is 20.0 Å². The molecule has 0 amide bonds. The van der Waals surface area contributed by atoms with Crippen molar-refractivity contribution in [3.63, 3.8) is 0 Å². The maximum atomic E-state index is 11.6. The second-order valence-corrected chi connectivity index (χ2v) is 5.58. The van der Waals surface area contributed by atoms with E-state index >= 15 is 0 Å². The van der Waals surface area contributed by atoms with Gasteiger partial charge in [0, 0.05) is 18.6 Å². The highest BCUT2D eigenvalue weighted by Gasteiger charge is 2.25. The highest BCUT2D eigenvalue weighted by Crippen LogP contribution is 2.21. The first kappa shape index (κ1) is 18.0. The third-order valence-electron chi connectivity index (χ3n) is 4.00. The molecule has 1 aromatic carbocycles. The Bertz CT molecular complexity index is 465. The molecule has 0 aromatic heterocycles. The van der Waals surface area contributed by atoms with Gasteiger partial charge in [0.25, 0.3) is 0 Å². The lowest BCUT2D eigenvalue weighted by Gasteiger charge is -2.38. The molecule has 0 saturated carbocycles. The number of esters is 1. The smallest absolute Gasteiger partial charge is 0.337 e. The first-order chi connectivity index (χ1) is 9.61. The fourth-order valence-corrected chi connectivity index (χ4v) is 2.96. The highest BCUT2D eigenvalue weighted by atomic mass is 35.5. The molecule has 1 aromatic rings. The second-order valence-electron chi connectivity index (χ2n) is 5.58. The lowest BCUT2D eigenvalue weighted by molar-refractivity contribution is 0.0600. The standard InChI is InChI=1S/C16H24N2O2.ClH/c1-12(17)15-8-3-4-9-18(15)11-13-6-5-7-14(10-13)16(19)20-2;/h5-7,10,12,15H,3-4,8-9,11,17H2,1-2H3;1H. The van der Waals surface area contributed by atoms with Gasteiger partial charge in [0.1, 0.15) is 0 Å². The predicted octanol–water partition coefficient (Wildman–Crippen LogP) is 2.60. The van der Waals surface area contributed by atoms with Gasteiger partial charge < -0.3 is 10.5 Å². The SMILES string of the molecule is COC(=O)c1cccc(CN2CCCCC2C(C)N)c1.Cl. The molecule has 1 saturated heterocycles. The van der Waals surface area contributed by atoms with Gasteiger partial charge in [0.2, 0.25) is 0 Å². The number of benzene rings is 1. The maximum Gasteiger partial charge on any atom is 0.337 e. The number of carbonyl (C=O) groups excluding carboxylic acids is 1. The van der Waals surface area contributed by atoms with Crippen molar-refractivity contribution in [2.75, 3.05) is 13.7 Å². The maximum absolute atomic E-state index is 11.6. The van der Waals surface area contributed by atoms with Crippen molar-refractivity contribution in [2.45, 2.75) is 44.8 Å². The molecule has 4 nitrogen and oxygen atoms in total. The van der Waals surface area contributed by atoms with Gasteiger partial charge in [-0.05, 0) is 44.0 Å². The number of rotatable bonds is 4. The van der Waals surface area contributed by atoms with E-state index < -0.39 is 0 Å². The van der Waals surface area contributed by atoms with Crippen LogP contribution in [0.25, 0.3) is 0 Å². The van der Waals surface area contributed by atoms with Crippen LogP contribution in [0.3, 0.4) is 0 Å². The van der Waals surface area contributed by atoms with E-state index in [9.17, 15) is 4.79 Å². The van der Waals surface area contributed by atoms with Crippen LogP contribution in [-0.2, 0) is 11.3 Å². The summed E-state index contributed by atoms with van der Waals surface area (Å²) in [5.41, 5.74) is 7.84. The number of nitrogens with two attached hydrogens (primary N) is 1. The van der Waals surface area contributed by atoms with Crippen molar-refractivity contribution in [3.05, 3.63) is 35.4 Å². The van der Waals surface area contributed by atoms with Crippen LogP contribution in [0.4, 0.5) is 0 Å². The summed E-state index contributed by atoms with van der Waals surface area (Å²) in [7, 11) is 1.41. The van der Waals surface area contributed by atoms with E-state index in [1.807, 2.05) is 12.1 Å². The molecule has 1 aliphatic rings. The number of hydrogen-bond donors (Lipinski definition) is 1. The van der Waals surface area contributed by atoms with Crippen LogP contribution in [-0.4, -0.2) is 36.6 Å². The zero-order valence-electron chi connectivity index (χ0n) is 12.7. The summed E-state index contributed by atoms with van der Waals surface area (Å²) in [6.07, 6.45) is 3.64. The number of carbonyl (C=O) groups is 1. The lowest BCUT2D eigenvalue weighted by Crippen LogP contribution is -2.48. The molecule has 0 spiro atoms. The largest absolute Gasteiger partial charge is 0.465 e. The Hall–Kier alpha value is -1.10. The van der Waals surface area contributed by atoms with Crippen LogP contribution in [0.1, 0.15) is 42.1 Å². The Morgan fingerprint density at radius 2 is 2.24 bits per heavy atom. The van der Waals surface area contributed by atoms with Gasteiger partial charge in [0.15, 0.2) is 0 Å². The Labute approximate surface area is 133 Å². The Morgan fingerprint density at radius 1 is 1.48 bits per heavy atom. The molecule has 0 radical (unpaired) electrons. The molecule has 0 aliphatic carbocycles. The summed E-state index contributed by atoms with van der Waals surface area (Å²) in [6.45, 7) is 4.00. The second kappa shape index (κ2) is 8.37. The van der Waals surface area contributed by atoms with E-state index in [0.717, 1.165) is 25.1 Å². The lowest BCUT2D eigenvalue weighted by atomic mass is 9.96. The summed E-state index contributed by atoms with van der Waals surface area (Å²) in [6, 6.07) is 8.28. The molecule has 1 aliphatic heterocycles. The Kier molecular flexibility index (Phi) is 7.15. The number of halogens is 1. The Balaban J connectivity index is 0.00000220. The molecule has 2 N–H and O–H groups in total. The van der Waals surface area contributed by atoms with E-state index in [-0.39, 0.29) is 24.4 Å². The van der Waals surface area contributed by atoms with Gasteiger partial charge in [-0.15, -0.1) is 12.4 Å². The fourth-order valence-electron chi connectivity index (χ4n) is 2.96. The normalized spacial score (nSPS) is 20.4. The van der Waals surface area contributed by atoms with Crippen molar-refractivity contribution < 1.29 is 9.53 Å². The third kappa shape index (κ3) is 4.70. The molecule has 0 bridgehead atoms. The molecule has 5 heteroatoms. The van der Waals surface area contributed by atoms with Crippen LogP contribution >= 0.6 is 12.4 Å². The van der Waals surface area contributed by atoms with Crippen LogP contribution in [0.5, 0.6) is 0 Å². The van der Waals surface area contributed by atoms with Gasteiger partial charge in [-0.1, -0.05) is 18.6 Å². The van der Waals surface area contributed by atoms with Gasteiger partial charge >= 0.3 is 5.97 Å². The predicted molar refractivity (Wildman–Crippen MR) is 86.7 cm³/mol. The Morgan fingerprint density at radius 3 is 2.90 bits per heavy atom. The molecule has 21 heavy (non-hydrogen) atoms. The first-order valence-electron chi connectivity index (χ1n) is 7.28. The molecule has 2 unspecified atom stereocenters. The van der Waals surface area contributed by atoms with Gasteiger partial charge in [-0.2, -0.15) is 0 Å². The van der Waals surface area contributed by atoms with Crippen LogP contribution in [0.15, 0.2) is 24.3 Å².